The van der Waals surface area contributed by atoms with Gasteiger partial charge in [-0.3, -0.25) is 9.59 Å². The van der Waals surface area contributed by atoms with Crippen molar-refractivity contribution in [1.82, 2.24) is 10.3 Å². The van der Waals surface area contributed by atoms with Crippen molar-refractivity contribution in [3.8, 4) is 0 Å². The van der Waals surface area contributed by atoms with Crippen molar-refractivity contribution in [3.05, 3.63) is 0 Å². The van der Waals surface area contributed by atoms with Gasteiger partial charge in [0, 0.05) is 11.8 Å². The van der Waals surface area contributed by atoms with Gasteiger partial charge >= 0.3 is 0 Å². The molecule has 3 N–H and O–H groups in total. The third-order valence-corrected chi connectivity index (χ3v) is 4.48. The van der Waals surface area contributed by atoms with E-state index in [1.165, 1.54) is 5.01 Å². The molecule has 1 heterocycles. The van der Waals surface area contributed by atoms with E-state index in [1.807, 2.05) is 6.92 Å². The first-order valence-corrected chi connectivity index (χ1v) is 7.59. The third-order valence-electron chi connectivity index (χ3n) is 3.02. The summed E-state index contributed by atoms with van der Waals surface area (Å²) in [6.45, 7) is 8.16. The average molecular weight is 300 g/mol. The molecule has 2 amide bonds. The molecule has 0 radical (unpaired) electrons. The fraction of sp³-hybridized carbons (Fsp3) is 0.769. The highest BCUT2D eigenvalue weighted by molar-refractivity contribution is 8.14. The first-order valence-electron chi connectivity index (χ1n) is 6.71. The Balaban J connectivity index is 2.79. The maximum atomic E-state index is 12.5. The van der Waals surface area contributed by atoms with Crippen molar-refractivity contribution in [2.75, 3.05) is 7.05 Å². The van der Waals surface area contributed by atoms with Crippen LogP contribution in [0.15, 0.2) is 5.10 Å². The number of hydrogen-bond donors (Lipinski definition) is 2. The van der Waals surface area contributed by atoms with Gasteiger partial charge in [-0.05, 0) is 20.4 Å². The molecule has 114 valence electrons. The minimum Gasteiger partial charge on any atom is -0.370 e. The predicted octanol–water partition coefficient (Wildman–Crippen LogP) is 1.12. The summed E-state index contributed by atoms with van der Waals surface area (Å²) in [6, 6.07) is -0.436. The molecular weight excluding hydrogens is 276 g/mol. The highest BCUT2D eigenvalue weighted by Crippen LogP contribution is 2.35. The Hall–Kier alpha value is -1.08. The first-order chi connectivity index (χ1) is 9.16. The van der Waals surface area contributed by atoms with E-state index in [0.29, 0.717) is 6.42 Å². The van der Waals surface area contributed by atoms with E-state index in [-0.39, 0.29) is 23.1 Å². The fourth-order valence-electron chi connectivity index (χ4n) is 1.81. The second-order valence-corrected chi connectivity index (χ2v) is 7.21. The van der Waals surface area contributed by atoms with Gasteiger partial charge in [-0.1, -0.05) is 32.5 Å². The van der Waals surface area contributed by atoms with Crippen LogP contribution >= 0.6 is 11.8 Å². The van der Waals surface area contributed by atoms with E-state index in [0.717, 1.165) is 5.04 Å². The van der Waals surface area contributed by atoms with Gasteiger partial charge < -0.3 is 11.1 Å². The van der Waals surface area contributed by atoms with Gasteiger partial charge in [0.1, 0.15) is 10.4 Å². The van der Waals surface area contributed by atoms with Gasteiger partial charge in [0.25, 0.3) is 5.91 Å². The molecule has 0 aromatic heterocycles. The number of rotatable bonds is 5. The van der Waals surface area contributed by atoms with E-state index in [4.69, 9.17) is 5.73 Å². The van der Waals surface area contributed by atoms with Crippen molar-refractivity contribution in [3.63, 3.8) is 0 Å². The summed E-state index contributed by atoms with van der Waals surface area (Å²) >= 11 is 1.60. The lowest BCUT2D eigenvalue weighted by Crippen LogP contribution is -2.44. The molecule has 2 atom stereocenters. The van der Waals surface area contributed by atoms with Crippen LogP contribution in [0.1, 0.15) is 40.5 Å². The molecule has 0 saturated carbocycles. The topological polar surface area (TPSA) is 87.8 Å². The van der Waals surface area contributed by atoms with E-state index < -0.39 is 11.9 Å². The number of hydrazone groups is 1. The molecule has 2 unspecified atom stereocenters. The minimum absolute atomic E-state index is 0.0267. The maximum Gasteiger partial charge on any atom is 0.260 e. The van der Waals surface area contributed by atoms with Gasteiger partial charge in [0.15, 0.2) is 0 Å². The Bertz CT molecular complexity index is 417. The van der Waals surface area contributed by atoms with Gasteiger partial charge in [-0.25, -0.2) is 5.01 Å². The van der Waals surface area contributed by atoms with Crippen LogP contribution in [0.5, 0.6) is 0 Å². The minimum atomic E-state index is -0.436. The van der Waals surface area contributed by atoms with E-state index in [9.17, 15) is 9.59 Å². The van der Waals surface area contributed by atoms with Gasteiger partial charge in [-0.2, -0.15) is 5.10 Å². The molecule has 6 nitrogen and oxygen atoms in total. The van der Waals surface area contributed by atoms with Crippen LogP contribution in [0.25, 0.3) is 0 Å². The smallest absolute Gasteiger partial charge is 0.260 e. The summed E-state index contributed by atoms with van der Waals surface area (Å²) in [7, 11) is 1.70. The van der Waals surface area contributed by atoms with Crippen molar-refractivity contribution >= 4 is 28.6 Å². The molecule has 7 heteroatoms. The van der Waals surface area contributed by atoms with E-state index in [2.05, 4.69) is 31.2 Å². The molecule has 0 saturated heterocycles. The molecule has 0 bridgehead atoms. The second-order valence-electron chi connectivity index (χ2n) is 5.90. The van der Waals surface area contributed by atoms with Crippen molar-refractivity contribution in [1.29, 1.82) is 0 Å². The van der Waals surface area contributed by atoms with Crippen LogP contribution in [0.2, 0.25) is 0 Å². The lowest BCUT2D eigenvalue weighted by atomic mass is 9.99. The Morgan fingerprint density at radius 3 is 2.50 bits per heavy atom. The lowest BCUT2D eigenvalue weighted by molar-refractivity contribution is -0.133. The van der Waals surface area contributed by atoms with E-state index >= 15 is 0 Å². The van der Waals surface area contributed by atoms with Gasteiger partial charge in [0.2, 0.25) is 5.91 Å². The number of primary amides is 1. The van der Waals surface area contributed by atoms with Crippen LogP contribution < -0.4 is 11.1 Å². The Kier molecular flexibility index (Phi) is 5.59. The quantitative estimate of drug-likeness (QED) is 0.796. The number of likely N-dealkylation sites (N-methyl/N-ethyl adjacent to an activating group) is 1. The number of carbonyl (C=O) groups is 2. The van der Waals surface area contributed by atoms with Gasteiger partial charge in [0.05, 0.1) is 6.04 Å². The second kappa shape index (κ2) is 6.58. The van der Waals surface area contributed by atoms with Crippen LogP contribution in [0, 0.1) is 5.41 Å². The Labute approximate surface area is 124 Å². The van der Waals surface area contributed by atoms with Crippen molar-refractivity contribution < 1.29 is 9.59 Å². The normalized spacial score (nSPS) is 20.8. The first kappa shape index (κ1) is 17.0. The molecule has 0 spiro atoms. The SMILES string of the molecule is CNC(CCC(N)=O)C(=O)N1N=C(C(C)(C)C)SC1C. The van der Waals surface area contributed by atoms with Crippen LogP contribution in [-0.2, 0) is 9.59 Å². The Morgan fingerprint density at radius 1 is 1.50 bits per heavy atom. The van der Waals surface area contributed by atoms with Gasteiger partial charge in [-0.15, -0.1) is 0 Å². The van der Waals surface area contributed by atoms with Crippen LogP contribution in [-0.4, -0.2) is 40.3 Å². The third kappa shape index (κ3) is 4.21. The summed E-state index contributed by atoms with van der Waals surface area (Å²) in [5.74, 6) is -0.520. The molecule has 0 aliphatic carbocycles. The molecule has 1 aliphatic rings. The number of thioether (sulfide) groups is 1. The molecule has 20 heavy (non-hydrogen) atoms. The number of nitrogens with two attached hydrogens (primary N) is 1. The summed E-state index contributed by atoms with van der Waals surface area (Å²) in [6.07, 6.45) is 0.571. The molecule has 1 aliphatic heterocycles. The number of carbonyl (C=O) groups excluding carboxylic acids is 2. The summed E-state index contributed by atoms with van der Waals surface area (Å²) in [4.78, 5) is 23.3. The zero-order valence-electron chi connectivity index (χ0n) is 12.8. The highest BCUT2D eigenvalue weighted by atomic mass is 32.2. The molecule has 1 rings (SSSR count). The molecule has 0 aromatic carbocycles. The number of hydrogen-bond acceptors (Lipinski definition) is 5. The molecular formula is C13H24N4O2S. The lowest BCUT2D eigenvalue weighted by Gasteiger charge is -2.22. The van der Waals surface area contributed by atoms with E-state index in [1.54, 1.807) is 18.8 Å². The zero-order valence-corrected chi connectivity index (χ0v) is 13.6. The Morgan fingerprint density at radius 2 is 2.10 bits per heavy atom. The summed E-state index contributed by atoms with van der Waals surface area (Å²) in [5, 5.41) is 9.80. The number of nitrogens with one attached hydrogen (secondary N) is 1. The van der Waals surface area contributed by atoms with Crippen molar-refractivity contribution in [2.45, 2.75) is 52.0 Å². The van der Waals surface area contributed by atoms with Crippen molar-refractivity contribution in [2.24, 2.45) is 16.3 Å². The summed E-state index contributed by atoms with van der Waals surface area (Å²) < 4.78 is 0. The predicted molar refractivity (Wildman–Crippen MR) is 82.1 cm³/mol. The number of amides is 2. The maximum absolute atomic E-state index is 12.5. The summed E-state index contributed by atoms with van der Waals surface area (Å²) in [5.41, 5.74) is 5.06. The highest BCUT2D eigenvalue weighted by Gasteiger charge is 2.36. The van der Waals surface area contributed by atoms with Crippen LogP contribution in [0.4, 0.5) is 0 Å². The largest absolute Gasteiger partial charge is 0.370 e. The molecule has 0 aromatic rings. The number of nitrogens with zero attached hydrogens (tertiary/aromatic N) is 2. The average Bonchev–Trinajstić information content (AvgIpc) is 2.71. The molecule has 0 fully saturated rings. The fourth-order valence-corrected chi connectivity index (χ4v) is 2.87. The monoisotopic (exact) mass is 300 g/mol. The standard InChI is InChI=1S/C13H24N4O2S/c1-8-17(16-12(20-8)13(2,3)4)11(19)9(15-5)6-7-10(14)18/h8-9,15H,6-7H2,1-5H3,(H2,14,18). The zero-order chi connectivity index (χ0) is 15.5. The van der Waals surface area contributed by atoms with Crippen LogP contribution in [0.3, 0.4) is 0 Å².